The van der Waals surface area contributed by atoms with Gasteiger partial charge in [0.1, 0.15) is 0 Å². The number of benzene rings is 2. The summed E-state index contributed by atoms with van der Waals surface area (Å²) in [5.41, 5.74) is 1.29. The van der Waals surface area contributed by atoms with Crippen LogP contribution in [0.1, 0.15) is 37.8 Å². The average molecular weight is 448 g/mol. The molecule has 8 heteroatoms. The first-order valence-electron chi connectivity index (χ1n) is 9.36. The van der Waals surface area contributed by atoms with E-state index >= 15 is 0 Å². The smallest absolute Gasteiger partial charge is 0.363 e. The molecular formula is C22H19Cl2NO5. The first-order valence-corrected chi connectivity index (χ1v) is 10.1. The quantitative estimate of drug-likeness (QED) is 0.320. The fraction of sp³-hybridized carbons (Fsp3) is 0.227. The van der Waals surface area contributed by atoms with Crippen LogP contribution in [0.15, 0.2) is 47.1 Å². The second-order valence-electron chi connectivity index (χ2n) is 6.33. The normalized spacial score (nSPS) is 14.5. The number of hydrogen-bond acceptors (Lipinski definition) is 6. The van der Waals surface area contributed by atoms with Crippen LogP contribution in [0.25, 0.3) is 6.08 Å². The van der Waals surface area contributed by atoms with E-state index in [9.17, 15) is 9.59 Å². The van der Waals surface area contributed by atoms with Crippen molar-refractivity contribution in [3.05, 3.63) is 63.3 Å². The van der Waals surface area contributed by atoms with E-state index in [0.29, 0.717) is 52.1 Å². The van der Waals surface area contributed by atoms with Crippen LogP contribution in [0.4, 0.5) is 0 Å². The Labute approximate surface area is 184 Å². The average Bonchev–Trinajstić information content (AvgIpc) is 3.07. The van der Waals surface area contributed by atoms with Crippen LogP contribution >= 0.6 is 23.2 Å². The van der Waals surface area contributed by atoms with E-state index in [2.05, 4.69) is 4.99 Å². The van der Waals surface area contributed by atoms with Gasteiger partial charge in [-0.1, -0.05) is 36.2 Å². The predicted octanol–water partition coefficient (Wildman–Crippen LogP) is 5.44. The van der Waals surface area contributed by atoms with Crippen molar-refractivity contribution in [2.24, 2.45) is 4.99 Å². The van der Waals surface area contributed by atoms with Gasteiger partial charge in [-0.15, -0.1) is 0 Å². The van der Waals surface area contributed by atoms with Crippen molar-refractivity contribution in [2.75, 3.05) is 6.61 Å². The third-order valence-electron chi connectivity index (χ3n) is 4.04. The summed E-state index contributed by atoms with van der Waals surface area (Å²) in [6, 6.07) is 9.83. The number of carbonyl (C=O) groups excluding carboxylic acids is 2. The standard InChI is InChI=1S/C22H19Cl2NO5/c1-3-5-20(26)29-18-9-6-13(11-19(18)28-4-2)10-17-22(27)30-21(25-17)14-7-8-15(23)16(24)12-14/h6-12H,3-5H2,1-2H3/b17-10-. The maximum absolute atomic E-state index is 12.2. The van der Waals surface area contributed by atoms with Gasteiger partial charge >= 0.3 is 11.9 Å². The van der Waals surface area contributed by atoms with E-state index in [1.807, 2.05) is 13.8 Å². The van der Waals surface area contributed by atoms with Crippen molar-refractivity contribution in [2.45, 2.75) is 26.7 Å². The molecule has 0 atom stereocenters. The SMILES string of the molecule is CCCC(=O)Oc1ccc(/C=C2\N=C(c3ccc(Cl)c(Cl)c3)OC2=O)cc1OCC. The van der Waals surface area contributed by atoms with Gasteiger partial charge < -0.3 is 14.2 Å². The van der Waals surface area contributed by atoms with Gasteiger partial charge in [0.2, 0.25) is 5.90 Å². The van der Waals surface area contributed by atoms with E-state index in [1.54, 1.807) is 42.5 Å². The summed E-state index contributed by atoms with van der Waals surface area (Å²) >= 11 is 11.9. The first-order chi connectivity index (χ1) is 14.4. The van der Waals surface area contributed by atoms with Crippen LogP contribution in [-0.2, 0) is 14.3 Å². The third-order valence-corrected chi connectivity index (χ3v) is 4.77. The van der Waals surface area contributed by atoms with Crippen molar-refractivity contribution in [3.63, 3.8) is 0 Å². The molecule has 0 aliphatic carbocycles. The van der Waals surface area contributed by atoms with Gasteiger partial charge in [-0.3, -0.25) is 4.79 Å². The maximum atomic E-state index is 12.2. The molecule has 0 fully saturated rings. The molecular weight excluding hydrogens is 429 g/mol. The minimum atomic E-state index is -0.590. The minimum absolute atomic E-state index is 0.120. The number of nitrogens with zero attached hydrogens (tertiary/aromatic N) is 1. The number of halogens is 2. The molecule has 0 unspecified atom stereocenters. The largest absolute Gasteiger partial charge is 0.490 e. The summed E-state index contributed by atoms with van der Waals surface area (Å²) in [7, 11) is 0. The zero-order chi connectivity index (χ0) is 21.7. The Bertz CT molecular complexity index is 1050. The molecule has 0 amide bonds. The summed E-state index contributed by atoms with van der Waals surface area (Å²) in [5.74, 6) is -0.0601. The van der Waals surface area contributed by atoms with Crippen LogP contribution in [0.2, 0.25) is 10.0 Å². The lowest BCUT2D eigenvalue weighted by atomic mass is 10.1. The van der Waals surface area contributed by atoms with E-state index in [0.717, 1.165) is 0 Å². The summed E-state index contributed by atoms with van der Waals surface area (Å²) < 4.78 is 16.2. The molecule has 0 N–H and O–H groups in total. The monoisotopic (exact) mass is 447 g/mol. The minimum Gasteiger partial charge on any atom is -0.490 e. The zero-order valence-corrected chi connectivity index (χ0v) is 17.9. The molecule has 3 rings (SSSR count). The van der Waals surface area contributed by atoms with E-state index in [-0.39, 0.29) is 17.6 Å². The number of aliphatic imine (C=N–C) groups is 1. The fourth-order valence-electron chi connectivity index (χ4n) is 2.66. The molecule has 0 saturated carbocycles. The summed E-state index contributed by atoms with van der Waals surface area (Å²) in [6.07, 6.45) is 2.57. The van der Waals surface area contributed by atoms with Gasteiger partial charge in [0, 0.05) is 12.0 Å². The number of rotatable bonds is 7. The highest BCUT2D eigenvalue weighted by molar-refractivity contribution is 6.42. The Kier molecular flexibility index (Phi) is 7.13. The highest BCUT2D eigenvalue weighted by Crippen LogP contribution is 2.31. The number of ether oxygens (including phenoxy) is 3. The van der Waals surface area contributed by atoms with Crippen LogP contribution in [-0.4, -0.2) is 24.4 Å². The lowest BCUT2D eigenvalue weighted by Crippen LogP contribution is -2.08. The van der Waals surface area contributed by atoms with Gasteiger partial charge in [0.05, 0.1) is 16.7 Å². The Morgan fingerprint density at radius 1 is 1.10 bits per heavy atom. The predicted molar refractivity (Wildman–Crippen MR) is 115 cm³/mol. The zero-order valence-electron chi connectivity index (χ0n) is 16.4. The lowest BCUT2D eigenvalue weighted by molar-refractivity contribution is -0.134. The van der Waals surface area contributed by atoms with Crippen molar-refractivity contribution in [1.29, 1.82) is 0 Å². The Morgan fingerprint density at radius 3 is 2.60 bits per heavy atom. The van der Waals surface area contributed by atoms with Crippen molar-refractivity contribution >= 4 is 47.1 Å². The van der Waals surface area contributed by atoms with Gasteiger partial charge in [0.25, 0.3) is 0 Å². The molecule has 1 aliphatic heterocycles. The number of carbonyl (C=O) groups is 2. The van der Waals surface area contributed by atoms with Crippen LogP contribution in [0.3, 0.4) is 0 Å². The lowest BCUT2D eigenvalue weighted by Gasteiger charge is -2.11. The highest BCUT2D eigenvalue weighted by Gasteiger charge is 2.25. The molecule has 0 radical (unpaired) electrons. The molecule has 1 heterocycles. The molecule has 0 aromatic heterocycles. The van der Waals surface area contributed by atoms with E-state index < -0.39 is 5.97 Å². The number of hydrogen-bond donors (Lipinski definition) is 0. The van der Waals surface area contributed by atoms with Crippen molar-refractivity contribution < 1.29 is 23.8 Å². The number of esters is 2. The van der Waals surface area contributed by atoms with Crippen LogP contribution < -0.4 is 9.47 Å². The topological polar surface area (TPSA) is 74.2 Å². The van der Waals surface area contributed by atoms with Crippen molar-refractivity contribution in [3.8, 4) is 11.5 Å². The third kappa shape index (κ3) is 5.20. The van der Waals surface area contributed by atoms with Crippen LogP contribution in [0, 0.1) is 0 Å². The summed E-state index contributed by atoms with van der Waals surface area (Å²) in [6.45, 7) is 4.11. The summed E-state index contributed by atoms with van der Waals surface area (Å²) in [5, 5.41) is 0.726. The Hall–Kier alpha value is -2.83. The second kappa shape index (κ2) is 9.78. The Balaban J connectivity index is 1.88. The molecule has 0 saturated heterocycles. The molecule has 0 spiro atoms. The Morgan fingerprint density at radius 2 is 1.90 bits per heavy atom. The van der Waals surface area contributed by atoms with Crippen LogP contribution in [0.5, 0.6) is 11.5 Å². The second-order valence-corrected chi connectivity index (χ2v) is 7.14. The van der Waals surface area contributed by atoms with Crippen molar-refractivity contribution in [1.82, 2.24) is 0 Å². The molecule has 2 aromatic carbocycles. The summed E-state index contributed by atoms with van der Waals surface area (Å²) in [4.78, 5) is 28.3. The molecule has 1 aliphatic rings. The van der Waals surface area contributed by atoms with Gasteiger partial charge in [-0.2, -0.15) is 0 Å². The maximum Gasteiger partial charge on any atom is 0.363 e. The highest BCUT2D eigenvalue weighted by atomic mass is 35.5. The molecule has 30 heavy (non-hydrogen) atoms. The molecule has 2 aromatic rings. The van der Waals surface area contributed by atoms with Gasteiger partial charge in [-0.05, 0) is 55.3 Å². The van der Waals surface area contributed by atoms with E-state index in [4.69, 9.17) is 37.4 Å². The molecule has 156 valence electrons. The molecule has 6 nitrogen and oxygen atoms in total. The van der Waals surface area contributed by atoms with E-state index in [1.165, 1.54) is 0 Å². The number of cyclic esters (lactones) is 1. The molecule has 0 bridgehead atoms. The van der Waals surface area contributed by atoms with Gasteiger partial charge in [-0.25, -0.2) is 9.79 Å². The van der Waals surface area contributed by atoms with Gasteiger partial charge in [0.15, 0.2) is 17.2 Å². The first kappa shape index (κ1) is 21.9. The fourth-order valence-corrected chi connectivity index (χ4v) is 2.96.